The number of carbonyl (C=O) groups excluding carboxylic acids is 2. The highest BCUT2D eigenvalue weighted by Crippen LogP contribution is 2.45. The van der Waals surface area contributed by atoms with Crippen LogP contribution < -0.4 is 4.90 Å². The number of rotatable bonds is 3. The summed E-state index contributed by atoms with van der Waals surface area (Å²) >= 11 is 0. The van der Waals surface area contributed by atoms with Gasteiger partial charge in [-0.25, -0.2) is 4.99 Å². The van der Waals surface area contributed by atoms with E-state index in [2.05, 4.69) is 32.3 Å². The molecule has 0 atom stereocenters. The Morgan fingerprint density at radius 2 is 2.17 bits per heavy atom. The van der Waals surface area contributed by atoms with Crippen molar-refractivity contribution in [3.05, 3.63) is 35.0 Å². The molecule has 5 rings (SSSR count). The van der Waals surface area contributed by atoms with E-state index in [4.69, 9.17) is 0 Å². The molecule has 2 aliphatic rings. The highest BCUT2D eigenvalue weighted by atomic mass is 16.2. The molecule has 0 saturated heterocycles. The van der Waals surface area contributed by atoms with Crippen molar-refractivity contribution in [3.63, 3.8) is 0 Å². The van der Waals surface area contributed by atoms with Crippen LogP contribution in [-0.4, -0.2) is 39.8 Å². The summed E-state index contributed by atoms with van der Waals surface area (Å²) in [5.41, 5.74) is 7.06. The number of nitrogens with zero attached hydrogens (tertiary/aromatic N) is 3. The molecule has 0 saturated carbocycles. The molecule has 7 heteroatoms. The Hall–Kier alpha value is -3.22. The van der Waals surface area contributed by atoms with E-state index >= 15 is 0 Å². The van der Waals surface area contributed by atoms with Crippen molar-refractivity contribution < 1.29 is 9.59 Å². The van der Waals surface area contributed by atoms with Crippen molar-refractivity contribution >= 4 is 34.6 Å². The van der Waals surface area contributed by atoms with Gasteiger partial charge in [0.2, 0.25) is 11.8 Å². The van der Waals surface area contributed by atoms with Gasteiger partial charge < -0.3 is 9.88 Å². The monoisotopic (exact) mass is 403 g/mol. The second kappa shape index (κ2) is 6.65. The smallest absolute Gasteiger partial charge is 0.242 e. The quantitative estimate of drug-likeness (QED) is 0.653. The number of hydrogen-bond donors (Lipinski definition) is 2. The van der Waals surface area contributed by atoms with E-state index in [1.54, 1.807) is 6.21 Å². The molecule has 7 nitrogen and oxygen atoms in total. The van der Waals surface area contributed by atoms with Crippen LogP contribution in [0.2, 0.25) is 0 Å². The number of amides is 2. The van der Waals surface area contributed by atoms with Gasteiger partial charge in [0.05, 0.1) is 11.1 Å². The number of aromatic amines is 2. The summed E-state index contributed by atoms with van der Waals surface area (Å²) < 4.78 is 0. The van der Waals surface area contributed by atoms with Crippen LogP contribution in [0.1, 0.15) is 50.3 Å². The molecule has 2 aromatic heterocycles. The van der Waals surface area contributed by atoms with Gasteiger partial charge in [0.25, 0.3) is 0 Å². The predicted octanol–water partition coefficient (Wildman–Crippen LogP) is 3.68. The van der Waals surface area contributed by atoms with E-state index < -0.39 is 5.41 Å². The van der Waals surface area contributed by atoms with Crippen molar-refractivity contribution in [2.75, 3.05) is 11.4 Å². The molecule has 30 heavy (non-hydrogen) atoms. The molecule has 2 amide bonds. The number of aryl methyl sites for hydroxylation is 2. The summed E-state index contributed by atoms with van der Waals surface area (Å²) in [6.07, 6.45) is 7.18. The number of aromatic nitrogens is 3. The number of carbonyl (C=O) groups is 2. The van der Waals surface area contributed by atoms with E-state index in [1.165, 1.54) is 18.1 Å². The molecule has 0 fully saturated rings. The standard InChI is InChI=1S/C23H25N5O2/c1-13(29)24-8-5-9-28-19-10-16-15-7-4-6-14-12-25-27-20(14)21(15)26-18(16)11-17(19)23(2,3)22(28)30/h8,10-12,26H,4-7,9H2,1-3H3,(H,25,27)/b24-8+. The van der Waals surface area contributed by atoms with Crippen LogP contribution in [0.4, 0.5) is 5.69 Å². The lowest BCUT2D eigenvalue weighted by Gasteiger charge is -2.19. The van der Waals surface area contributed by atoms with Gasteiger partial charge in [0.1, 0.15) is 5.69 Å². The Kier molecular flexibility index (Phi) is 4.17. The van der Waals surface area contributed by atoms with Crippen LogP contribution >= 0.6 is 0 Å². The lowest BCUT2D eigenvalue weighted by Crippen LogP contribution is -2.36. The van der Waals surface area contributed by atoms with E-state index in [0.717, 1.165) is 52.8 Å². The second-order valence-corrected chi connectivity index (χ2v) is 8.71. The first-order valence-electron chi connectivity index (χ1n) is 10.4. The van der Waals surface area contributed by atoms with E-state index in [-0.39, 0.29) is 11.8 Å². The third-order valence-corrected chi connectivity index (χ3v) is 6.35. The van der Waals surface area contributed by atoms with Crippen molar-refractivity contribution in [3.8, 4) is 11.4 Å². The minimum absolute atomic E-state index is 0.0852. The number of hydrogen-bond acceptors (Lipinski definition) is 3. The van der Waals surface area contributed by atoms with Crippen molar-refractivity contribution in [2.24, 2.45) is 4.99 Å². The first kappa shape index (κ1) is 18.8. The molecule has 2 N–H and O–H groups in total. The number of H-pyrrole nitrogens is 2. The van der Waals surface area contributed by atoms with Crippen LogP contribution in [0.3, 0.4) is 0 Å². The van der Waals surface area contributed by atoms with Gasteiger partial charge in [-0.15, -0.1) is 0 Å². The van der Waals surface area contributed by atoms with Gasteiger partial charge in [-0.1, -0.05) is 0 Å². The van der Waals surface area contributed by atoms with E-state index in [1.807, 2.05) is 24.9 Å². The highest BCUT2D eigenvalue weighted by molar-refractivity contribution is 6.10. The fraction of sp³-hybridized carbons (Fsp3) is 0.391. The van der Waals surface area contributed by atoms with Crippen LogP contribution in [0.15, 0.2) is 23.3 Å². The zero-order valence-electron chi connectivity index (χ0n) is 17.5. The first-order valence-corrected chi connectivity index (χ1v) is 10.4. The van der Waals surface area contributed by atoms with Crippen LogP contribution in [0, 0.1) is 0 Å². The van der Waals surface area contributed by atoms with Crippen molar-refractivity contribution in [1.82, 2.24) is 15.2 Å². The summed E-state index contributed by atoms with van der Waals surface area (Å²) in [5.74, 6) is -0.139. The van der Waals surface area contributed by atoms with Crippen LogP contribution in [-0.2, 0) is 27.8 Å². The Morgan fingerprint density at radius 1 is 1.33 bits per heavy atom. The minimum atomic E-state index is -0.596. The Balaban J connectivity index is 1.61. The maximum Gasteiger partial charge on any atom is 0.242 e. The van der Waals surface area contributed by atoms with Gasteiger partial charge in [-0.05, 0) is 61.9 Å². The maximum atomic E-state index is 13.2. The summed E-state index contributed by atoms with van der Waals surface area (Å²) in [6, 6.07) is 4.29. The largest absolute Gasteiger partial charge is 0.353 e. The van der Waals surface area contributed by atoms with Gasteiger partial charge >= 0.3 is 0 Å². The fourth-order valence-electron chi connectivity index (χ4n) is 4.81. The van der Waals surface area contributed by atoms with Crippen molar-refractivity contribution in [1.29, 1.82) is 0 Å². The number of fused-ring (bicyclic) bond motifs is 6. The molecule has 154 valence electrons. The maximum absolute atomic E-state index is 13.2. The van der Waals surface area contributed by atoms with Gasteiger partial charge in [0, 0.05) is 48.9 Å². The topological polar surface area (TPSA) is 94.2 Å². The number of aliphatic imine (C=N–C) groups is 1. The zero-order valence-corrected chi connectivity index (χ0v) is 17.5. The predicted molar refractivity (Wildman–Crippen MR) is 117 cm³/mol. The molecule has 3 aromatic rings. The lowest BCUT2D eigenvalue weighted by molar-refractivity contribution is -0.122. The first-order chi connectivity index (χ1) is 14.4. The number of anilines is 1. The normalized spacial score (nSPS) is 17.3. The highest BCUT2D eigenvalue weighted by Gasteiger charge is 2.44. The summed E-state index contributed by atoms with van der Waals surface area (Å²) in [4.78, 5) is 33.5. The van der Waals surface area contributed by atoms with Crippen LogP contribution in [0.25, 0.3) is 22.3 Å². The van der Waals surface area contributed by atoms with E-state index in [0.29, 0.717) is 13.0 Å². The third-order valence-electron chi connectivity index (χ3n) is 6.35. The Morgan fingerprint density at radius 3 is 2.97 bits per heavy atom. The SMILES string of the molecule is CC(=O)/N=C/CCN1C(=O)C(C)(C)c2cc3[nH]c4c(c3cc21)CCCc1c[nH]nc1-4. The van der Waals surface area contributed by atoms with E-state index in [9.17, 15) is 9.59 Å². The zero-order chi connectivity index (χ0) is 21.0. The second-order valence-electron chi connectivity index (χ2n) is 8.71. The Bertz CT molecular complexity index is 1210. The Labute approximate surface area is 174 Å². The molecule has 1 aliphatic heterocycles. The molecule has 0 unspecified atom stereocenters. The number of nitrogens with one attached hydrogen (secondary N) is 2. The fourth-order valence-corrected chi connectivity index (χ4v) is 4.81. The van der Waals surface area contributed by atoms with Crippen molar-refractivity contribution in [2.45, 2.75) is 51.9 Å². The number of benzene rings is 1. The van der Waals surface area contributed by atoms with Gasteiger partial charge in [-0.2, -0.15) is 5.10 Å². The minimum Gasteiger partial charge on any atom is -0.353 e. The molecule has 0 spiro atoms. The molecular weight excluding hydrogens is 378 g/mol. The molecule has 0 bridgehead atoms. The summed E-state index contributed by atoms with van der Waals surface area (Å²) in [7, 11) is 0. The molecule has 1 aliphatic carbocycles. The summed E-state index contributed by atoms with van der Waals surface area (Å²) in [6.45, 7) is 5.88. The third kappa shape index (κ3) is 2.72. The van der Waals surface area contributed by atoms with Gasteiger partial charge in [0.15, 0.2) is 0 Å². The summed E-state index contributed by atoms with van der Waals surface area (Å²) in [5, 5.41) is 8.65. The molecular formula is C23H25N5O2. The van der Waals surface area contributed by atoms with Crippen LogP contribution in [0.5, 0.6) is 0 Å². The average Bonchev–Trinajstić information content (AvgIpc) is 3.31. The lowest BCUT2D eigenvalue weighted by atomic mass is 9.85. The molecule has 1 aromatic carbocycles. The molecule has 0 radical (unpaired) electrons. The van der Waals surface area contributed by atoms with Gasteiger partial charge in [-0.3, -0.25) is 14.7 Å². The average molecular weight is 403 g/mol. The molecule has 3 heterocycles.